The van der Waals surface area contributed by atoms with Crippen molar-refractivity contribution >= 4 is 33.2 Å². The molecule has 0 aliphatic heterocycles. The van der Waals surface area contributed by atoms with E-state index in [1.54, 1.807) is 18.3 Å². The van der Waals surface area contributed by atoms with Crippen molar-refractivity contribution in [1.29, 1.82) is 0 Å². The molecule has 0 saturated heterocycles. The number of anilines is 1. The molecule has 84 valence electrons. The number of aromatic nitrogens is 1. The summed E-state index contributed by atoms with van der Waals surface area (Å²) in [6.07, 6.45) is 3.25. The number of hydrogen-bond donors (Lipinski definition) is 1. The van der Waals surface area contributed by atoms with Crippen molar-refractivity contribution in [2.75, 3.05) is 5.32 Å². The molecule has 0 spiro atoms. The van der Waals surface area contributed by atoms with Crippen molar-refractivity contribution in [3.8, 4) is 0 Å². The second kappa shape index (κ2) is 4.03. The molecule has 3 aromatic rings. The number of nitrogens with zero attached hydrogens (tertiary/aromatic N) is 1. The molecule has 1 N–H and O–H groups in total. The highest BCUT2D eigenvalue weighted by atomic mass is 32.1. The van der Waals surface area contributed by atoms with E-state index in [9.17, 15) is 4.79 Å². The number of amides is 1. The Hall–Kier alpha value is -2.14. The Kier molecular flexibility index (Phi) is 2.38. The van der Waals surface area contributed by atoms with Crippen molar-refractivity contribution in [2.24, 2.45) is 0 Å². The van der Waals surface area contributed by atoms with Crippen LogP contribution in [0.5, 0.6) is 0 Å². The Bertz CT molecular complexity index is 658. The fourth-order valence-electron chi connectivity index (χ4n) is 1.55. The van der Waals surface area contributed by atoms with E-state index in [1.807, 2.05) is 18.2 Å². The molecule has 4 nitrogen and oxygen atoms in total. The van der Waals surface area contributed by atoms with Gasteiger partial charge in [-0.2, -0.15) is 4.37 Å². The highest BCUT2D eigenvalue weighted by Crippen LogP contribution is 2.22. The number of benzene rings is 1. The molecular weight excluding hydrogens is 236 g/mol. The fourth-order valence-corrected chi connectivity index (χ4v) is 2.18. The maximum absolute atomic E-state index is 11.7. The molecule has 1 amide bonds. The van der Waals surface area contributed by atoms with Gasteiger partial charge in [-0.1, -0.05) is 0 Å². The van der Waals surface area contributed by atoms with Crippen LogP contribution in [0.3, 0.4) is 0 Å². The lowest BCUT2D eigenvalue weighted by atomic mass is 10.2. The first-order valence-corrected chi connectivity index (χ1v) is 5.79. The van der Waals surface area contributed by atoms with Gasteiger partial charge in [-0.05, 0) is 41.9 Å². The molecule has 0 atom stereocenters. The van der Waals surface area contributed by atoms with Crippen LogP contribution in [0.1, 0.15) is 10.6 Å². The second-order valence-electron chi connectivity index (χ2n) is 3.51. The molecule has 2 aromatic heterocycles. The van der Waals surface area contributed by atoms with Gasteiger partial charge >= 0.3 is 0 Å². The molecular formula is C12H8N2O2S. The number of furan rings is 1. The maximum Gasteiger partial charge on any atom is 0.291 e. The minimum Gasteiger partial charge on any atom is -0.459 e. The van der Waals surface area contributed by atoms with Gasteiger partial charge in [0.1, 0.15) is 0 Å². The van der Waals surface area contributed by atoms with Crippen LogP contribution in [0.15, 0.2) is 47.2 Å². The first kappa shape index (κ1) is 10.0. The third-order valence-corrected chi connectivity index (χ3v) is 3.13. The summed E-state index contributed by atoms with van der Waals surface area (Å²) >= 11 is 1.43. The molecule has 0 fully saturated rings. The Balaban J connectivity index is 1.87. The summed E-state index contributed by atoms with van der Waals surface area (Å²) in [5.41, 5.74) is 0.735. The molecule has 0 aliphatic rings. The molecule has 0 saturated carbocycles. The smallest absolute Gasteiger partial charge is 0.291 e. The Labute approximate surface area is 101 Å². The van der Waals surface area contributed by atoms with Gasteiger partial charge in [0.15, 0.2) is 5.76 Å². The van der Waals surface area contributed by atoms with Crippen LogP contribution in [0, 0.1) is 0 Å². The van der Waals surface area contributed by atoms with E-state index < -0.39 is 0 Å². The van der Waals surface area contributed by atoms with E-state index in [2.05, 4.69) is 9.69 Å². The lowest BCUT2D eigenvalue weighted by Crippen LogP contribution is -2.10. The van der Waals surface area contributed by atoms with Gasteiger partial charge in [-0.25, -0.2) is 0 Å². The monoisotopic (exact) mass is 244 g/mol. The zero-order valence-corrected chi connectivity index (χ0v) is 9.53. The quantitative estimate of drug-likeness (QED) is 0.753. The van der Waals surface area contributed by atoms with Crippen LogP contribution in [0.2, 0.25) is 0 Å². The third kappa shape index (κ3) is 1.92. The van der Waals surface area contributed by atoms with Crippen LogP contribution >= 0.6 is 11.5 Å². The molecule has 2 heterocycles. The van der Waals surface area contributed by atoms with Crippen molar-refractivity contribution in [3.05, 3.63) is 48.6 Å². The summed E-state index contributed by atoms with van der Waals surface area (Å²) in [4.78, 5) is 11.7. The van der Waals surface area contributed by atoms with E-state index in [-0.39, 0.29) is 5.91 Å². The van der Waals surface area contributed by atoms with Crippen molar-refractivity contribution in [2.45, 2.75) is 0 Å². The molecule has 0 unspecified atom stereocenters. The standard InChI is InChI=1S/C12H8N2O2S/c15-12(10-2-1-5-16-10)14-9-3-4-11-8(6-9)7-13-17-11/h1-7H,(H,14,15). The Morgan fingerprint density at radius 1 is 1.35 bits per heavy atom. The lowest BCUT2D eigenvalue weighted by Gasteiger charge is -2.02. The van der Waals surface area contributed by atoms with Crippen LogP contribution in [0.25, 0.3) is 10.1 Å². The number of rotatable bonds is 2. The van der Waals surface area contributed by atoms with Gasteiger partial charge in [0.05, 0.1) is 11.0 Å². The van der Waals surface area contributed by atoms with Crippen LogP contribution in [-0.2, 0) is 0 Å². The average Bonchev–Trinajstić information content (AvgIpc) is 2.99. The molecule has 17 heavy (non-hydrogen) atoms. The van der Waals surface area contributed by atoms with Gasteiger partial charge in [0, 0.05) is 17.3 Å². The van der Waals surface area contributed by atoms with Gasteiger partial charge in [0.25, 0.3) is 5.91 Å². The molecule has 0 aliphatic carbocycles. The second-order valence-corrected chi connectivity index (χ2v) is 4.34. The van der Waals surface area contributed by atoms with Crippen molar-refractivity contribution < 1.29 is 9.21 Å². The Morgan fingerprint density at radius 3 is 3.12 bits per heavy atom. The SMILES string of the molecule is O=C(Nc1ccc2sncc2c1)c1ccco1. The Morgan fingerprint density at radius 2 is 2.29 bits per heavy atom. The summed E-state index contributed by atoms with van der Waals surface area (Å²) < 4.78 is 10.2. The van der Waals surface area contributed by atoms with Gasteiger partial charge in [-0.15, -0.1) is 0 Å². The predicted molar refractivity (Wildman–Crippen MR) is 66.3 cm³/mol. The van der Waals surface area contributed by atoms with E-state index in [0.717, 1.165) is 15.8 Å². The average molecular weight is 244 g/mol. The lowest BCUT2D eigenvalue weighted by molar-refractivity contribution is 0.0996. The van der Waals surface area contributed by atoms with E-state index in [0.29, 0.717) is 5.76 Å². The predicted octanol–water partition coefficient (Wildman–Crippen LogP) is 3.14. The largest absolute Gasteiger partial charge is 0.459 e. The van der Waals surface area contributed by atoms with Gasteiger partial charge in [0.2, 0.25) is 0 Å². The summed E-state index contributed by atoms with van der Waals surface area (Å²) in [7, 11) is 0. The van der Waals surface area contributed by atoms with Crippen molar-refractivity contribution in [1.82, 2.24) is 4.37 Å². The number of fused-ring (bicyclic) bond motifs is 1. The van der Waals surface area contributed by atoms with Gasteiger partial charge < -0.3 is 9.73 Å². The zero-order valence-electron chi connectivity index (χ0n) is 8.71. The summed E-state index contributed by atoms with van der Waals surface area (Å²) in [6.45, 7) is 0. The first-order chi connectivity index (χ1) is 8.33. The van der Waals surface area contributed by atoms with E-state index in [1.165, 1.54) is 17.8 Å². The van der Waals surface area contributed by atoms with Crippen LogP contribution in [0.4, 0.5) is 5.69 Å². The number of hydrogen-bond acceptors (Lipinski definition) is 4. The zero-order chi connectivity index (χ0) is 11.7. The fraction of sp³-hybridized carbons (Fsp3) is 0. The maximum atomic E-state index is 11.7. The minimum absolute atomic E-state index is 0.252. The van der Waals surface area contributed by atoms with Gasteiger partial charge in [-0.3, -0.25) is 4.79 Å². The first-order valence-electron chi connectivity index (χ1n) is 5.02. The highest BCUT2D eigenvalue weighted by molar-refractivity contribution is 7.13. The molecule has 1 aromatic carbocycles. The molecule has 0 radical (unpaired) electrons. The molecule has 5 heteroatoms. The highest BCUT2D eigenvalue weighted by Gasteiger charge is 2.08. The molecule has 3 rings (SSSR count). The number of carbonyl (C=O) groups is 1. The molecule has 0 bridgehead atoms. The topological polar surface area (TPSA) is 55.1 Å². The van der Waals surface area contributed by atoms with Crippen LogP contribution < -0.4 is 5.32 Å². The van der Waals surface area contributed by atoms with Crippen molar-refractivity contribution in [3.63, 3.8) is 0 Å². The minimum atomic E-state index is -0.252. The summed E-state index contributed by atoms with van der Waals surface area (Å²) in [6, 6.07) is 8.98. The number of carbonyl (C=O) groups excluding carboxylic acids is 1. The number of nitrogens with one attached hydrogen (secondary N) is 1. The summed E-state index contributed by atoms with van der Waals surface area (Å²) in [5.74, 6) is 0.0473. The third-order valence-electron chi connectivity index (χ3n) is 2.36. The summed E-state index contributed by atoms with van der Waals surface area (Å²) in [5, 5.41) is 3.79. The van der Waals surface area contributed by atoms with E-state index in [4.69, 9.17) is 4.42 Å². The van der Waals surface area contributed by atoms with E-state index >= 15 is 0 Å². The van der Waals surface area contributed by atoms with Crippen LogP contribution in [-0.4, -0.2) is 10.3 Å². The normalized spacial score (nSPS) is 10.6.